The van der Waals surface area contributed by atoms with Crippen molar-refractivity contribution in [3.63, 3.8) is 0 Å². The van der Waals surface area contributed by atoms with Crippen LogP contribution in [-0.4, -0.2) is 47.9 Å². The van der Waals surface area contributed by atoms with E-state index in [1.807, 2.05) is 18.2 Å². The first-order chi connectivity index (χ1) is 12.9. The molecule has 2 aliphatic carbocycles. The number of rotatable bonds is 1. The quantitative estimate of drug-likeness (QED) is 0.519. The molecule has 3 amide bonds. The molecular formula is C20H27N3O4. The standard InChI is InChI=1S/C20H27N3O4/c1-13-11-14(27-2)5-3-4-6-15-20(26)8-7-19(16(24)22-17(25)23-19)12-18(13,20)9-10-21-15/h3,5,11,15,21,26H,1,4,6-10,12H2,2H3,(H2,22,23,24,25)/b5-3-,14-11+/t15-,18-,19+,20-/m1/s1. The predicted molar refractivity (Wildman–Crippen MR) is 99.7 cm³/mol. The SMILES string of the molecule is C=C1/C=C(OC)\C=C/CC[C@H]2NCC[C@@]13C[C@]1(CC[C@@]23O)NC(=O)NC1=O. The molecule has 1 spiro atoms. The molecule has 2 saturated heterocycles. The molecule has 3 fully saturated rings. The zero-order chi connectivity index (χ0) is 19.3. The topological polar surface area (TPSA) is 99.7 Å². The Kier molecular flexibility index (Phi) is 4.20. The van der Waals surface area contributed by atoms with E-state index in [0.29, 0.717) is 31.4 Å². The maximum Gasteiger partial charge on any atom is 0.322 e. The zero-order valence-electron chi connectivity index (χ0n) is 15.6. The highest BCUT2D eigenvalue weighted by Crippen LogP contribution is 2.58. The average Bonchev–Trinajstić information content (AvgIpc) is 2.90. The van der Waals surface area contributed by atoms with Crippen LogP contribution in [0, 0.1) is 5.41 Å². The molecule has 0 aromatic rings. The maximum absolute atomic E-state index is 12.6. The molecule has 0 aromatic heterocycles. The molecule has 2 aliphatic heterocycles. The molecule has 27 heavy (non-hydrogen) atoms. The number of methoxy groups -OCH3 is 1. The third-order valence-electron chi connectivity index (χ3n) is 6.97. The Morgan fingerprint density at radius 2 is 2.11 bits per heavy atom. The van der Waals surface area contributed by atoms with Gasteiger partial charge in [-0.1, -0.05) is 12.7 Å². The van der Waals surface area contributed by atoms with Crippen LogP contribution in [0.25, 0.3) is 0 Å². The Hall–Kier alpha value is -2.12. The summed E-state index contributed by atoms with van der Waals surface area (Å²) in [6.07, 6.45) is 9.22. The van der Waals surface area contributed by atoms with Gasteiger partial charge in [0.25, 0.3) is 5.91 Å². The van der Waals surface area contributed by atoms with Crippen molar-refractivity contribution >= 4 is 11.9 Å². The summed E-state index contributed by atoms with van der Waals surface area (Å²) < 4.78 is 5.46. The Morgan fingerprint density at radius 3 is 2.81 bits per heavy atom. The molecule has 0 unspecified atom stereocenters. The van der Waals surface area contributed by atoms with Crippen molar-refractivity contribution in [1.82, 2.24) is 16.0 Å². The molecule has 2 heterocycles. The highest BCUT2D eigenvalue weighted by atomic mass is 16.5. The first-order valence-electron chi connectivity index (χ1n) is 9.56. The van der Waals surface area contributed by atoms with Crippen LogP contribution in [0.5, 0.6) is 0 Å². The number of carbonyl (C=O) groups excluding carboxylic acids is 2. The fraction of sp³-hybridized carbons (Fsp3) is 0.600. The largest absolute Gasteiger partial charge is 0.497 e. The van der Waals surface area contributed by atoms with E-state index >= 15 is 0 Å². The molecule has 4 aliphatic rings. The van der Waals surface area contributed by atoms with Crippen molar-refractivity contribution in [2.45, 2.75) is 55.7 Å². The molecule has 146 valence electrons. The van der Waals surface area contributed by atoms with E-state index in [1.165, 1.54) is 0 Å². The summed E-state index contributed by atoms with van der Waals surface area (Å²) in [6.45, 7) is 5.02. The Morgan fingerprint density at radius 1 is 1.30 bits per heavy atom. The van der Waals surface area contributed by atoms with Gasteiger partial charge >= 0.3 is 6.03 Å². The monoisotopic (exact) mass is 373 g/mol. The van der Waals surface area contributed by atoms with Crippen molar-refractivity contribution < 1.29 is 19.4 Å². The van der Waals surface area contributed by atoms with Gasteiger partial charge < -0.3 is 20.5 Å². The first-order valence-corrected chi connectivity index (χ1v) is 9.56. The molecule has 4 N–H and O–H groups in total. The number of imide groups is 1. The summed E-state index contributed by atoms with van der Waals surface area (Å²) in [5.41, 5.74) is -2.00. The lowest BCUT2D eigenvalue weighted by molar-refractivity contribution is -0.162. The minimum Gasteiger partial charge on any atom is -0.497 e. The molecule has 4 rings (SSSR count). The van der Waals surface area contributed by atoms with Gasteiger partial charge in [-0.15, -0.1) is 0 Å². The van der Waals surface area contributed by atoms with Gasteiger partial charge in [-0.05, 0) is 62.8 Å². The number of aliphatic hydroxyl groups is 1. The Bertz CT molecular complexity index is 760. The van der Waals surface area contributed by atoms with Crippen LogP contribution in [-0.2, 0) is 9.53 Å². The smallest absolute Gasteiger partial charge is 0.322 e. The molecule has 0 aromatic carbocycles. The summed E-state index contributed by atoms with van der Waals surface area (Å²) in [5.74, 6) is 0.369. The summed E-state index contributed by atoms with van der Waals surface area (Å²) in [5, 5.41) is 20.6. The van der Waals surface area contributed by atoms with Crippen molar-refractivity contribution in [2.24, 2.45) is 5.41 Å². The van der Waals surface area contributed by atoms with Gasteiger partial charge in [0.2, 0.25) is 0 Å². The van der Waals surface area contributed by atoms with Crippen LogP contribution in [0.2, 0.25) is 0 Å². The Labute approximate surface area is 158 Å². The van der Waals surface area contributed by atoms with Gasteiger partial charge in [0.1, 0.15) is 11.3 Å². The van der Waals surface area contributed by atoms with E-state index < -0.39 is 22.6 Å². The lowest BCUT2D eigenvalue weighted by Crippen LogP contribution is -2.72. The average molecular weight is 373 g/mol. The summed E-state index contributed by atoms with van der Waals surface area (Å²) in [4.78, 5) is 24.5. The molecule has 0 radical (unpaired) electrons. The van der Waals surface area contributed by atoms with Crippen LogP contribution >= 0.6 is 0 Å². The number of ether oxygens (including phenoxy) is 1. The first kappa shape index (κ1) is 18.3. The van der Waals surface area contributed by atoms with E-state index in [1.54, 1.807) is 7.11 Å². The van der Waals surface area contributed by atoms with Crippen LogP contribution in [0.15, 0.2) is 36.1 Å². The Balaban J connectivity index is 1.84. The van der Waals surface area contributed by atoms with Crippen molar-refractivity contribution in [1.29, 1.82) is 0 Å². The summed E-state index contributed by atoms with van der Waals surface area (Å²) in [6, 6.07) is -0.559. The molecule has 7 heteroatoms. The van der Waals surface area contributed by atoms with E-state index in [-0.39, 0.29) is 11.9 Å². The van der Waals surface area contributed by atoms with E-state index in [4.69, 9.17) is 4.74 Å². The number of hydrogen-bond acceptors (Lipinski definition) is 5. The number of allylic oxidation sites excluding steroid dienone is 3. The van der Waals surface area contributed by atoms with E-state index in [2.05, 4.69) is 22.5 Å². The lowest BCUT2D eigenvalue weighted by atomic mass is 9.50. The van der Waals surface area contributed by atoms with Gasteiger partial charge in [0.15, 0.2) is 0 Å². The number of hydrogen-bond donors (Lipinski definition) is 4. The molecular weight excluding hydrogens is 346 g/mol. The highest BCUT2D eigenvalue weighted by Gasteiger charge is 2.66. The van der Waals surface area contributed by atoms with E-state index in [9.17, 15) is 14.7 Å². The molecule has 2 bridgehead atoms. The second-order valence-corrected chi connectivity index (χ2v) is 8.19. The number of nitrogens with one attached hydrogen (secondary N) is 3. The number of urea groups is 1. The van der Waals surface area contributed by atoms with Gasteiger partial charge in [0, 0.05) is 11.5 Å². The fourth-order valence-electron chi connectivity index (χ4n) is 5.51. The third-order valence-corrected chi connectivity index (χ3v) is 6.97. The number of carbonyl (C=O) groups is 2. The van der Waals surface area contributed by atoms with Crippen LogP contribution < -0.4 is 16.0 Å². The van der Waals surface area contributed by atoms with Crippen LogP contribution in [0.1, 0.15) is 38.5 Å². The lowest BCUT2D eigenvalue weighted by Gasteiger charge is -2.61. The minimum absolute atomic E-state index is 0.0948. The van der Waals surface area contributed by atoms with Gasteiger partial charge in [-0.2, -0.15) is 0 Å². The summed E-state index contributed by atoms with van der Waals surface area (Å²) in [7, 11) is 1.61. The summed E-state index contributed by atoms with van der Waals surface area (Å²) >= 11 is 0. The third kappa shape index (κ3) is 2.56. The van der Waals surface area contributed by atoms with Gasteiger partial charge in [0.05, 0.1) is 12.7 Å². The number of amides is 3. The van der Waals surface area contributed by atoms with E-state index in [0.717, 1.165) is 25.0 Å². The predicted octanol–water partition coefficient (Wildman–Crippen LogP) is 1.26. The van der Waals surface area contributed by atoms with Crippen molar-refractivity contribution in [2.75, 3.05) is 13.7 Å². The van der Waals surface area contributed by atoms with Crippen LogP contribution in [0.3, 0.4) is 0 Å². The normalized spacial score (nSPS) is 44.6. The van der Waals surface area contributed by atoms with Crippen molar-refractivity contribution in [3.8, 4) is 0 Å². The molecule has 4 atom stereocenters. The second kappa shape index (κ2) is 6.21. The number of piperidine rings is 1. The zero-order valence-corrected chi connectivity index (χ0v) is 15.6. The molecule has 7 nitrogen and oxygen atoms in total. The fourth-order valence-corrected chi connectivity index (χ4v) is 5.51. The van der Waals surface area contributed by atoms with Gasteiger partial charge in [-0.3, -0.25) is 10.1 Å². The maximum atomic E-state index is 12.6. The van der Waals surface area contributed by atoms with Crippen LogP contribution in [0.4, 0.5) is 4.79 Å². The van der Waals surface area contributed by atoms with Gasteiger partial charge in [-0.25, -0.2) is 4.79 Å². The molecule has 1 saturated carbocycles. The second-order valence-electron chi connectivity index (χ2n) is 8.19. The highest BCUT2D eigenvalue weighted by molar-refractivity contribution is 6.07. The van der Waals surface area contributed by atoms with Crippen molar-refractivity contribution in [3.05, 3.63) is 36.1 Å². The minimum atomic E-state index is -1.04.